The van der Waals surface area contributed by atoms with Crippen molar-refractivity contribution in [3.05, 3.63) is 48.3 Å². The fraction of sp³-hybridized carbons (Fsp3) is 0.333. The highest BCUT2D eigenvalue weighted by molar-refractivity contribution is 5.63. The third kappa shape index (κ3) is 6.18. The van der Waals surface area contributed by atoms with E-state index in [4.69, 9.17) is 0 Å². The smallest absolute Gasteiger partial charge is 0.131 e. The number of benzene rings is 1. The predicted octanol–water partition coefficient (Wildman–Crippen LogP) is 5.55. The summed E-state index contributed by atoms with van der Waals surface area (Å²) in [4.78, 5) is 0. The second-order valence-electron chi connectivity index (χ2n) is 2.86. The lowest BCUT2D eigenvalue weighted by Crippen LogP contribution is -1.84. The van der Waals surface area contributed by atoms with Crippen molar-refractivity contribution in [1.82, 2.24) is 0 Å². The molecule has 1 aromatic carbocycles. The molecule has 0 unspecified atom stereocenters. The van der Waals surface area contributed by atoms with Crippen LogP contribution in [0.1, 0.15) is 45.2 Å². The molecule has 0 N–H and O–H groups in total. The highest BCUT2D eigenvalue weighted by Crippen LogP contribution is 2.15. The summed E-state index contributed by atoms with van der Waals surface area (Å²) in [7, 11) is 0. The SMILES string of the molecule is C=Cc1cccc(F)c1C=C.CC.CCC. The Morgan fingerprint density at radius 3 is 1.94 bits per heavy atom. The summed E-state index contributed by atoms with van der Waals surface area (Å²) in [5.41, 5.74) is 1.29. The molecule has 0 aliphatic carbocycles. The monoisotopic (exact) mass is 222 g/mol. The zero-order valence-electron chi connectivity index (χ0n) is 10.9. The maximum atomic E-state index is 12.9. The third-order valence-corrected chi connectivity index (χ3v) is 1.51. The van der Waals surface area contributed by atoms with Gasteiger partial charge in [0.2, 0.25) is 0 Å². The van der Waals surface area contributed by atoms with E-state index in [0.717, 1.165) is 5.56 Å². The molecule has 0 bridgehead atoms. The summed E-state index contributed by atoms with van der Waals surface area (Å²) >= 11 is 0. The second-order valence-corrected chi connectivity index (χ2v) is 2.86. The lowest BCUT2D eigenvalue weighted by atomic mass is 10.1. The molecule has 0 saturated heterocycles. The highest BCUT2D eigenvalue weighted by atomic mass is 19.1. The Morgan fingerprint density at radius 2 is 1.62 bits per heavy atom. The lowest BCUT2D eigenvalue weighted by Gasteiger charge is -2.00. The average molecular weight is 222 g/mol. The molecule has 1 heteroatoms. The molecule has 1 rings (SSSR count). The molecule has 0 atom stereocenters. The molecule has 0 saturated carbocycles. The van der Waals surface area contributed by atoms with E-state index >= 15 is 0 Å². The molecule has 90 valence electrons. The summed E-state index contributed by atoms with van der Waals surface area (Å²) in [6.45, 7) is 15.3. The molecule has 16 heavy (non-hydrogen) atoms. The van der Waals surface area contributed by atoms with Gasteiger partial charge in [-0.05, 0) is 11.6 Å². The maximum absolute atomic E-state index is 12.9. The van der Waals surface area contributed by atoms with E-state index < -0.39 is 0 Å². The van der Waals surface area contributed by atoms with Crippen molar-refractivity contribution in [2.24, 2.45) is 0 Å². The van der Waals surface area contributed by atoms with E-state index in [1.165, 1.54) is 18.6 Å². The first kappa shape index (κ1) is 17.0. The van der Waals surface area contributed by atoms with E-state index in [1.54, 1.807) is 18.2 Å². The van der Waals surface area contributed by atoms with Gasteiger partial charge in [0.05, 0.1) is 0 Å². The van der Waals surface area contributed by atoms with Crippen LogP contribution in [0, 0.1) is 5.82 Å². The first-order valence-electron chi connectivity index (χ1n) is 5.74. The summed E-state index contributed by atoms with van der Waals surface area (Å²) in [5.74, 6) is -0.252. The van der Waals surface area contributed by atoms with Gasteiger partial charge in [-0.25, -0.2) is 4.39 Å². The van der Waals surface area contributed by atoms with Gasteiger partial charge in [-0.2, -0.15) is 0 Å². The Bertz CT molecular complexity index is 300. The number of hydrogen-bond donors (Lipinski definition) is 0. The van der Waals surface area contributed by atoms with E-state index in [0.29, 0.717) is 5.56 Å². The van der Waals surface area contributed by atoms with Gasteiger partial charge in [0.15, 0.2) is 0 Å². The summed E-state index contributed by atoms with van der Waals surface area (Å²) in [6, 6.07) is 4.86. The molecule has 0 spiro atoms. The molecule has 0 nitrogen and oxygen atoms in total. The van der Waals surface area contributed by atoms with Crippen molar-refractivity contribution < 1.29 is 4.39 Å². The van der Waals surface area contributed by atoms with Gasteiger partial charge in [0.25, 0.3) is 0 Å². The van der Waals surface area contributed by atoms with Crippen molar-refractivity contribution in [3.8, 4) is 0 Å². The van der Waals surface area contributed by atoms with Gasteiger partial charge in [-0.1, -0.05) is 71.6 Å². The minimum Gasteiger partial charge on any atom is -0.206 e. The summed E-state index contributed by atoms with van der Waals surface area (Å²) < 4.78 is 12.9. The normalized spacial score (nSPS) is 7.81. The zero-order valence-corrected chi connectivity index (χ0v) is 10.9. The quantitative estimate of drug-likeness (QED) is 0.615. The molecule has 0 radical (unpaired) electrons. The summed E-state index contributed by atoms with van der Waals surface area (Å²) in [5, 5.41) is 0. The molecular weight excluding hydrogens is 199 g/mol. The van der Waals surface area contributed by atoms with Crippen molar-refractivity contribution >= 4 is 12.2 Å². The molecule has 0 heterocycles. The number of rotatable bonds is 2. The van der Waals surface area contributed by atoms with Crippen LogP contribution in [-0.2, 0) is 0 Å². The molecule has 0 amide bonds. The Labute approximate surface area is 99.5 Å². The van der Waals surface area contributed by atoms with Crippen LogP contribution in [0.25, 0.3) is 12.2 Å². The van der Waals surface area contributed by atoms with Crippen LogP contribution in [0.15, 0.2) is 31.4 Å². The Kier molecular flexibility index (Phi) is 12.5. The van der Waals surface area contributed by atoms with Gasteiger partial charge in [-0.15, -0.1) is 0 Å². The van der Waals surface area contributed by atoms with Crippen LogP contribution >= 0.6 is 0 Å². The number of hydrogen-bond acceptors (Lipinski definition) is 0. The van der Waals surface area contributed by atoms with Crippen LogP contribution < -0.4 is 0 Å². The molecule has 0 fully saturated rings. The van der Waals surface area contributed by atoms with Crippen LogP contribution in [0.3, 0.4) is 0 Å². The van der Waals surface area contributed by atoms with Crippen LogP contribution in [0.5, 0.6) is 0 Å². The Morgan fingerprint density at radius 1 is 1.12 bits per heavy atom. The Hall–Kier alpha value is -1.37. The molecule has 0 aliphatic heterocycles. The first-order chi connectivity index (χ1) is 7.71. The molecule has 1 aromatic rings. The maximum Gasteiger partial charge on any atom is 0.131 e. The predicted molar refractivity (Wildman–Crippen MR) is 73.9 cm³/mol. The number of halogens is 1. The lowest BCUT2D eigenvalue weighted by molar-refractivity contribution is 0.625. The molecule has 0 aliphatic rings. The highest BCUT2D eigenvalue weighted by Gasteiger charge is 1.99. The fourth-order valence-electron chi connectivity index (χ4n) is 0.947. The van der Waals surface area contributed by atoms with E-state index in [9.17, 15) is 4.39 Å². The minimum atomic E-state index is -0.252. The van der Waals surface area contributed by atoms with Crippen molar-refractivity contribution in [3.63, 3.8) is 0 Å². The van der Waals surface area contributed by atoms with E-state index in [2.05, 4.69) is 27.0 Å². The third-order valence-electron chi connectivity index (χ3n) is 1.51. The molecule has 0 aromatic heterocycles. The average Bonchev–Trinajstić information content (AvgIpc) is 2.32. The van der Waals surface area contributed by atoms with Crippen LogP contribution in [0.2, 0.25) is 0 Å². The van der Waals surface area contributed by atoms with Crippen molar-refractivity contribution in [2.75, 3.05) is 0 Å². The van der Waals surface area contributed by atoms with Gasteiger partial charge in [0, 0.05) is 5.56 Å². The van der Waals surface area contributed by atoms with E-state index in [1.807, 2.05) is 13.8 Å². The van der Waals surface area contributed by atoms with Crippen LogP contribution in [-0.4, -0.2) is 0 Å². The largest absolute Gasteiger partial charge is 0.206 e. The Balaban J connectivity index is 0. The van der Waals surface area contributed by atoms with E-state index in [-0.39, 0.29) is 5.82 Å². The minimum absolute atomic E-state index is 0.252. The van der Waals surface area contributed by atoms with Gasteiger partial charge in [-0.3, -0.25) is 0 Å². The fourth-order valence-corrected chi connectivity index (χ4v) is 0.947. The van der Waals surface area contributed by atoms with Crippen LogP contribution in [0.4, 0.5) is 4.39 Å². The second kappa shape index (κ2) is 11.7. The zero-order chi connectivity index (χ0) is 13.0. The van der Waals surface area contributed by atoms with Gasteiger partial charge in [0.1, 0.15) is 5.82 Å². The standard InChI is InChI=1S/C10H9F.C3H8.C2H6/c1-3-8-6-5-7-10(11)9(8)4-2;1-3-2;1-2/h3-7H,1-2H2;3H2,1-2H3;1-2H3. The first-order valence-corrected chi connectivity index (χ1v) is 5.74. The topological polar surface area (TPSA) is 0 Å². The molecular formula is C15H23F. The van der Waals surface area contributed by atoms with Crippen molar-refractivity contribution in [1.29, 1.82) is 0 Å². The van der Waals surface area contributed by atoms with Gasteiger partial charge < -0.3 is 0 Å². The summed E-state index contributed by atoms with van der Waals surface area (Å²) in [6.07, 6.45) is 4.35. The van der Waals surface area contributed by atoms with Crippen molar-refractivity contribution in [2.45, 2.75) is 34.1 Å². The van der Waals surface area contributed by atoms with Gasteiger partial charge >= 0.3 is 0 Å².